The molecule has 0 aromatic carbocycles. The molecule has 1 aliphatic rings. The minimum atomic E-state index is -1.02. The van der Waals surface area contributed by atoms with Gasteiger partial charge in [0.05, 0.1) is 5.69 Å². The first-order valence-corrected chi connectivity index (χ1v) is 4.72. The van der Waals surface area contributed by atoms with E-state index in [0.717, 1.165) is 24.3 Å². The lowest BCUT2D eigenvalue weighted by molar-refractivity contribution is -0.138. The van der Waals surface area contributed by atoms with Gasteiger partial charge in [-0.1, -0.05) is 0 Å². The van der Waals surface area contributed by atoms with Gasteiger partial charge >= 0.3 is 5.97 Å². The summed E-state index contributed by atoms with van der Waals surface area (Å²) in [4.78, 5) is 17.0. The maximum absolute atomic E-state index is 10.7. The first-order valence-electron chi connectivity index (χ1n) is 4.72. The van der Waals surface area contributed by atoms with E-state index in [1.165, 1.54) is 0 Å². The van der Waals surface area contributed by atoms with Crippen LogP contribution >= 0.6 is 0 Å². The normalized spacial score (nSPS) is 17.5. The minimum absolute atomic E-state index is 0.566. The van der Waals surface area contributed by atoms with E-state index in [1.807, 2.05) is 13.1 Å². The summed E-state index contributed by atoms with van der Waals surface area (Å²) in [7, 11) is 2.00. The molecule has 5 heteroatoms. The maximum atomic E-state index is 10.7. The Hall–Kier alpha value is -1.46. The number of carbonyl (C=O) groups is 1. The van der Waals surface area contributed by atoms with Crippen molar-refractivity contribution in [1.29, 1.82) is 0 Å². The van der Waals surface area contributed by atoms with E-state index < -0.39 is 12.0 Å². The number of hydrogen-bond acceptors (Lipinski definition) is 4. The molecule has 1 atom stereocenters. The quantitative estimate of drug-likeness (QED) is 0.719. The SMILES string of the molecule is CN1Cc2cc(C(N)C(=O)O)cnc2C1. The molecular weight excluding hydrogens is 194 g/mol. The molecule has 0 saturated heterocycles. The first-order chi connectivity index (χ1) is 7.08. The van der Waals surface area contributed by atoms with Gasteiger partial charge < -0.3 is 10.8 Å². The van der Waals surface area contributed by atoms with Gasteiger partial charge in [-0.2, -0.15) is 0 Å². The zero-order chi connectivity index (χ0) is 11.0. The average molecular weight is 207 g/mol. The van der Waals surface area contributed by atoms with Crippen molar-refractivity contribution in [3.8, 4) is 0 Å². The largest absolute Gasteiger partial charge is 0.480 e. The molecule has 0 spiro atoms. The number of nitrogens with two attached hydrogens (primary N) is 1. The molecule has 0 bridgehead atoms. The molecule has 0 fully saturated rings. The van der Waals surface area contributed by atoms with Gasteiger partial charge in [0, 0.05) is 19.3 Å². The second kappa shape index (κ2) is 3.60. The number of aliphatic carboxylic acids is 1. The molecule has 80 valence electrons. The molecule has 0 radical (unpaired) electrons. The van der Waals surface area contributed by atoms with Gasteiger partial charge in [-0.25, -0.2) is 0 Å². The Morgan fingerprint density at radius 3 is 3.07 bits per heavy atom. The fraction of sp³-hybridized carbons (Fsp3) is 0.400. The van der Waals surface area contributed by atoms with Crippen LogP contribution in [-0.2, 0) is 17.9 Å². The fourth-order valence-corrected chi connectivity index (χ4v) is 1.75. The topological polar surface area (TPSA) is 79.5 Å². The highest BCUT2D eigenvalue weighted by Crippen LogP contribution is 2.22. The Morgan fingerprint density at radius 2 is 2.40 bits per heavy atom. The van der Waals surface area contributed by atoms with Crippen LogP contribution in [0.3, 0.4) is 0 Å². The van der Waals surface area contributed by atoms with E-state index >= 15 is 0 Å². The minimum Gasteiger partial charge on any atom is -0.480 e. The van der Waals surface area contributed by atoms with Crippen molar-refractivity contribution >= 4 is 5.97 Å². The Kier molecular flexibility index (Phi) is 2.42. The molecule has 0 amide bonds. The standard InChI is InChI=1S/C10H13N3O2/c1-13-4-7-2-6(9(11)10(14)15)3-12-8(7)5-13/h2-3,9H,4-5,11H2,1H3,(H,14,15). The third kappa shape index (κ3) is 1.84. The predicted octanol–water partition coefficient (Wildman–Crippen LogP) is 0.111. The molecule has 1 aromatic heterocycles. The van der Waals surface area contributed by atoms with Gasteiger partial charge in [0.15, 0.2) is 0 Å². The van der Waals surface area contributed by atoms with Crippen LogP contribution in [0, 0.1) is 0 Å². The van der Waals surface area contributed by atoms with Gasteiger partial charge in [-0.15, -0.1) is 0 Å². The van der Waals surface area contributed by atoms with Crippen molar-refractivity contribution in [3.05, 3.63) is 29.1 Å². The zero-order valence-electron chi connectivity index (χ0n) is 8.47. The monoisotopic (exact) mass is 207 g/mol. The summed E-state index contributed by atoms with van der Waals surface area (Å²) in [6.07, 6.45) is 1.55. The Morgan fingerprint density at radius 1 is 1.67 bits per heavy atom. The Bertz CT molecular complexity index is 406. The van der Waals surface area contributed by atoms with Crippen LogP contribution < -0.4 is 5.73 Å². The van der Waals surface area contributed by atoms with E-state index in [9.17, 15) is 4.79 Å². The lowest BCUT2D eigenvalue weighted by Gasteiger charge is -2.07. The molecule has 0 saturated carbocycles. The molecule has 0 aliphatic carbocycles. The number of aromatic nitrogens is 1. The van der Waals surface area contributed by atoms with E-state index in [2.05, 4.69) is 9.88 Å². The first kappa shape index (κ1) is 10.1. The smallest absolute Gasteiger partial charge is 0.325 e. The number of rotatable bonds is 2. The van der Waals surface area contributed by atoms with Crippen LogP contribution in [0.15, 0.2) is 12.3 Å². The van der Waals surface area contributed by atoms with Gasteiger partial charge in [-0.3, -0.25) is 14.7 Å². The summed E-state index contributed by atoms with van der Waals surface area (Å²) in [6, 6.07) is 0.860. The van der Waals surface area contributed by atoms with Crippen LogP contribution in [0.4, 0.5) is 0 Å². The average Bonchev–Trinajstić information content (AvgIpc) is 2.55. The number of fused-ring (bicyclic) bond motifs is 1. The third-order valence-corrected chi connectivity index (χ3v) is 2.57. The van der Waals surface area contributed by atoms with Crippen molar-refractivity contribution in [1.82, 2.24) is 9.88 Å². The zero-order valence-corrected chi connectivity index (χ0v) is 8.47. The molecule has 1 unspecified atom stereocenters. The van der Waals surface area contributed by atoms with Crippen molar-refractivity contribution in [2.24, 2.45) is 5.73 Å². The summed E-state index contributed by atoms with van der Waals surface area (Å²) < 4.78 is 0. The van der Waals surface area contributed by atoms with Gasteiger partial charge in [-0.05, 0) is 24.2 Å². The number of carboxylic acid groups (broad SMARTS) is 1. The molecule has 3 N–H and O–H groups in total. The van der Waals surface area contributed by atoms with E-state index in [0.29, 0.717) is 5.56 Å². The fourth-order valence-electron chi connectivity index (χ4n) is 1.75. The van der Waals surface area contributed by atoms with Crippen molar-refractivity contribution in [2.75, 3.05) is 7.05 Å². The van der Waals surface area contributed by atoms with E-state index in [-0.39, 0.29) is 0 Å². The summed E-state index contributed by atoms with van der Waals surface area (Å²) in [5, 5.41) is 8.77. The lowest BCUT2D eigenvalue weighted by Crippen LogP contribution is -2.21. The number of pyridine rings is 1. The highest BCUT2D eigenvalue weighted by molar-refractivity contribution is 5.75. The van der Waals surface area contributed by atoms with E-state index in [1.54, 1.807) is 6.20 Å². The number of carboxylic acids is 1. The molecule has 1 aromatic rings. The molecular formula is C10H13N3O2. The highest BCUT2D eigenvalue weighted by Gasteiger charge is 2.20. The number of nitrogens with zero attached hydrogens (tertiary/aromatic N) is 2. The molecule has 5 nitrogen and oxygen atoms in total. The van der Waals surface area contributed by atoms with Gasteiger partial charge in [0.25, 0.3) is 0 Å². The highest BCUT2D eigenvalue weighted by atomic mass is 16.4. The summed E-state index contributed by atoms with van der Waals surface area (Å²) in [6.45, 7) is 1.63. The third-order valence-electron chi connectivity index (χ3n) is 2.57. The van der Waals surface area contributed by atoms with Crippen LogP contribution in [0.25, 0.3) is 0 Å². The Labute approximate surface area is 87.5 Å². The predicted molar refractivity (Wildman–Crippen MR) is 54.0 cm³/mol. The van der Waals surface area contributed by atoms with Crippen LogP contribution in [0.5, 0.6) is 0 Å². The van der Waals surface area contributed by atoms with Gasteiger partial charge in [0.2, 0.25) is 0 Å². The molecule has 2 heterocycles. The van der Waals surface area contributed by atoms with Crippen molar-refractivity contribution in [2.45, 2.75) is 19.1 Å². The molecule has 2 rings (SSSR count). The number of hydrogen-bond donors (Lipinski definition) is 2. The van der Waals surface area contributed by atoms with Crippen LogP contribution in [-0.4, -0.2) is 28.0 Å². The van der Waals surface area contributed by atoms with Crippen molar-refractivity contribution in [3.63, 3.8) is 0 Å². The lowest BCUT2D eigenvalue weighted by atomic mass is 10.1. The van der Waals surface area contributed by atoms with Gasteiger partial charge in [0.1, 0.15) is 6.04 Å². The van der Waals surface area contributed by atoms with E-state index in [4.69, 9.17) is 10.8 Å². The second-order valence-electron chi connectivity index (χ2n) is 3.86. The van der Waals surface area contributed by atoms with Crippen LogP contribution in [0.1, 0.15) is 22.9 Å². The van der Waals surface area contributed by atoms with Crippen LogP contribution in [0.2, 0.25) is 0 Å². The molecule has 1 aliphatic heterocycles. The maximum Gasteiger partial charge on any atom is 0.325 e. The second-order valence-corrected chi connectivity index (χ2v) is 3.86. The summed E-state index contributed by atoms with van der Waals surface area (Å²) in [5.74, 6) is -1.02. The van der Waals surface area contributed by atoms with Crippen molar-refractivity contribution < 1.29 is 9.90 Å². The summed E-state index contributed by atoms with van der Waals surface area (Å²) >= 11 is 0. The molecule has 15 heavy (non-hydrogen) atoms. The Balaban J connectivity index is 2.31. The summed E-state index contributed by atoms with van der Waals surface area (Å²) in [5.41, 5.74) is 8.17.